The van der Waals surface area contributed by atoms with Gasteiger partial charge in [-0.2, -0.15) is 26.3 Å². The molecule has 0 aliphatic rings. The molecule has 0 spiro atoms. The average molecular weight is 447 g/mol. The summed E-state index contributed by atoms with van der Waals surface area (Å²) in [5.74, 6) is -0.465. The van der Waals surface area contributed by atoms with Crippen molar-refractivity contribution >= 4 is 11.5 Å². The third-order valence-electron chi connectivity index (χ3n) is 4.72. The molecule has 4 nitrogen and oxygen atoms in total. The molecule has 1 amide bonds. The summed E-state index contributed by atoms with van der Waals surface area (Å²) in [4.78, 5) is 17.1. The van der Waals surface area contributed by atoms with Crippen LogP contribution in [0.2, 0.25) is 0 Å². The van der Waals surface area contributed by atoms with E-state index in [2.05, 4.69) is 6.58 Å². The fourth-order valence-corrected chi connectivity index (χ4v) is 2.93. The maximum absolute atomic E-state index is 13.1. The molecule has 0 unspecified atom stereocenters. The molecule has 2 rings (SSSR count). The number of aliphatic hydroxyl groups is 1. The van der Waals surface area contributed by atoms with E-state index in [4.69, 9.17) is 4.84 Å². The van der Waals surface area contributed by atoms with Crippen LogP contribution in [0, 0.1) is 0 Å². The molecule has 1 N–H and O–H groups in total. The van der Waals surface area contributed by atoms with Crippen LogP contribution in [0.3, 0.4) is 0 Å². The molecule has 0 fully saturated rings. The second-order valence-electron chi connectivity index (χ2n) is 6.81. The SMILES string of the molecule is C=C(C)c1cc(C(=O)N(C)OC)ccc1-c1ccc(C(O)(C(F)(F)F)C(F)(F)F)cc1. The maximum Gasteiger partial charge on any atom is 0.430 e. The lowest BCUT2D eigenvalue weighted by molar-refractivity contribution is -0.376. The van der Waals surface area contributed by atoms with Crippen molar-refractivity contribution in [3.05, 3.63) is 65.7 Å². The molecule has 0 heterocycles. The van der Waals surface area contributed by atoms with Crippen LogP contribution < -0.4 is 0 Å². The number of hydrogen-bond donors (Lipinski definition) is 1. The minimum Gasteiger partial charge on any atom is -0.369 e. The molecule has 0 aliphatic carbocycles. The average Bonchev–Trinajstić information content (AvgIpc) is 2.70. The van der Waals surface area contributed by atoms with Gasteiger partial charge >= 0.3 is 12.4 Å². The summed E-state index contributed by atoms with van der Waals surface area (Å²) in [7, 11) is 2.70. The van der Waals surface area contributed by atoms with Gasteiger partial charge in [0.25, 0.3) is 11.5 Å². The fraction of sp³-hybridized carbons (Fsp3) is 0.286. The minimum absolute atomic E-state index is 0.242. The topological polar surface area (TPSA) is 49.8 Å². The number of halogens is 6. The highest BCUT2D eigenvalue weighted by atomic mass is 19.4. The number of nitrogens with zero attached hydrogens (tertiary/aromatic N) is 1. The van der Waals surface area contributed by atoms with E-state index in [1.165, 1.54) is 32.4 Å². The van der Waals surface area contributed by atoms with Crippen LogP contribution in [0.5, 0.6) is 0 Å². The Hall–Kier alpha value is -2.85. The van der Waals surface area contributed by atoms with E-state index in [-0.39, 0.29) is 11.1 Å². The summed E-state index contributed by atoms with van der Waals surface area (Å²) in [6.45, 7) is 5.44. The first-order chi connectivity index (χ1) is 14.1. The van der Waals surface area contributed by atoms with Crippen LogP contribution in [-0.2, 0) is 10.4 Å². The van der Waals surface area contributed by atoms with Gasteiger partial charge < -0.3 is 5.11 Å². The van der Waals surface area contributed by atoms with E-state index in [0.717, 1.165) is 17.2 Å². The van der Waals surface area contributed by atoms with Crippen molar-refractivity contribution in [3.8, 4) is 11.1 Å². The van der Waals surface area contributed by atoms with Gasteiger partial charge in [-0.15, -0.1) is 0 Å². The lowest BCUT2D eigenvalue weighted by Gasteiger charge is -2.32. The quantitative estimate of drug-likeness (QED) is 0.498. The first-order valence-electron chi connectivity index (χ1n) is 8.74. The van der Waals surface area contributed by atoms with Crippen molar-refractivity contribution in [1.82, 2.24) is 5.06 Å². The maximum atomic E-state index is 13.1. The predicted octanol–water partition coefficient (Wildman–Crippen LogP) is 5.33. The molecule has 0 saturated carbocycles. The van der Waals surface area contributed by atoms with Crippen molar-refractivity contribution in [2.45, 2.75) is 24.9 Å². The Morgan fingerprint density at radius 1 is 1.00 bits per heavy atom. The zero-order valence-electron chi connectivity index (χ0n) is 16.7. The highest BCUT2D eigenvalue weighted by molar-refractivity contribution is 5.96. The number of rotatable bonds is 5. The van der Waals surface area contributed by atoms with Crippen LogP contribution in [0.4, 0.5) is 26.3 Å². The number of benzene rings is 2. The van der Waals surface area contributed by atoms with Crippen LogP contribution in [0.1, 0.15) is 28.4 Å². The summed E-state index contributed by atoms with van der Waals surface area (Å²) < 4.78 is 78.4. The van der Waals surface area contributed by atoms with E-state index < -0.39 is 29.4 Å². The molecule has 0 radical (unpaired) electrons. The van der Waals surface area contributed by atoms with Gasteiger partial charge in [-0.25, -0.2) is 5.06 Å². The molecular weight excluding hydrogens is 428 g/mol. The molecule has 0 aromatic heterocycles. The predicted molar refractivity (Wildman–Crippen MR) is 102 cm³/mol. The molecule has 168 valence electrons. The lowest BCUT2D eigenvalue weighted by atomic mass is 9.89. The summed E-state index contributed by atoms with van der Waals surface area (Å²) >= 11 is 0. The minimum atomic E-state index is -5.97. The van der Waals surface area contributed by atoms with Gasteiger partial charge in [0.15, 0.2) is 0 Å². The second kappa shape index (κ2) is 8.35. The zero-order valence-corrected chi connectivity index (χ0v) is 16.7. The number of allylic oxidation sites excluding steroid dienone is 1. The molecule has 31 heavy (non-hydrogen) atoms. The number of amides is 1. The number of hydroxylamine groups is 2. The zero-order chi connectivity index (χ0) is 23.8. The normalized spacial score (nSPS) is 12.6. The van der Waals surface area contributed by atoms with Crippen molar-refractivity contribution in [3.63, 3.8) is 0 Å². The largest absolute Gasteiger partial charge is 0.430 e. The molecule has 0 atom stereocenters. The first-order valence-corrected chi connectivity index (χ1v) is 8.74. The van der Waals surface area contributed by atoms with Gasteiger partial charge in [0.1, 0.15) is 0 Å². The fourth-order valence-electron chi connectivity index (χ4n) is 2.93. The first kappa shape index (κ1) is 24.4. The van der Waals surface area contributed by atoms with E-state index in [0.29, 0.717) is 28.8 Å². The Balaban J connectivity index is 2.56. The van der Waals surface area contributed by atoms with E-state index in [9.17, 15) is 36.2 Å². The lowest BCUT2D eigenvalue weighted by Crippen LogP contribution is -2.53. The second-order valence-corrected chi connectivity index (χ2v) is 6.81. The Labute approximate surface area is 174 Å². The van der Waals surface area contributed by atoms with Crippen LogP contribution in [0.25, 0.3) is 16.7 Å². The summed E-state index contributed by atoms with van der Waals surface area (Å²) in [5, 5.41) is 10.5. The Bertz CT molecular complexity index is 966. The molecule has 0 saturated heterocycles. The van der Waals surface area contributed by atoms with Gasteiger partial charge in [0.05, 0.1) is 7.11 Å². The summed E-state index contributed by atoms with van der Waals surface area (Å²) in [5.41, 5.74) is -4.45. The van der Waals surface area contributed by atoms with Crippen molar-refractivity contribution < 1.29 is 41.1 Å². The van der Waals surface area contributed by atoms with Crippen LogP contribution in [-0.4, -0.2) is 42.6 Å². The Morgan fingerprint density at radius 3 is 1.94 bits per heavy atom. The molecular formula is C21H19F6NO3. The molecule has 10 heteroatoms. The van der Waals surface area contributed by atoms with Gasteiger partial charge in [-0.3, -0.25) is 9.63 Å². The van der Waals surface area contributed by atoms with E-state index in [1.54, 1.807) is 6.92 Å². The highest BCUT2D eigenvalue weighted by Gasteiger charge is 2.71. The monoisotopic (exact) mass is 447 g/mol. The molecule has 0 bridgehead atoms. The smallest absolute Gasteiger partial charge is 0.369 e. The highest BCUT2D eigenvalue weighted by Crippen LogP contribution is 2.50. The van der Waals surface area contributed by atoms with Crippen molar-refractivity contribution in [1.29, 1.82) is 0 Å². The molecule has 2 aromatic rings. The van der Waals surface area contributed by atoms with Crippen LogP contribution >= 0.6 is 0 Å². The van der Waals surface area contributed by atoms with Gasteiger partial charge in [0, 0.05) is 18.2 Å². The van der Waals surface area contributed by atoms with E-state index in [1.807, 2.05) is 0 Å². The Kier molecular flexibility index (Phi) is 6.58. The number of carbonyl (C=O) groups excluding carboxylic acids is 1. The van der Waals surface area contributed by atoms with Gasteiger partial charge in [-0.1, -0.05) is 42.5 Å². The van der Waals surface area contributed by atoms with Gasteiger partial charge in [-0.05, 0) is 35.7 Å². The third-order valence-corrected chi connectivity index (χ3v) is 4.72. The summed E-state index contributed by atoms with van der Waals surface area (Å²) in [6.07, 6.45) is -11.9. The number of alkyl halides is 6. The molecule has 2 aromatic carbocycles. The van der Waals surface area contributed by atoms with E-state index >= 15 is 0 Å². The standard InChI is InChI=1S/C21H19F6NO3/c1-12(2)17-11-14(18(29)28(3)31-4)7-10-16(17)13-5-8-15(9-6-13)19(30,20(22,23)24)21(25,26)27/h5-11,30H,1H2,2-4H3. The Morgan fingerprint density at radius 2 is 1.52 bits per heavy atom. The third kappa shape index (κ3) is 4.45. The number of hydrogen-bond acceptors (Lipinski definition) is 3. The summed E-state index contributed by atoms with van der Waals surface area (Å²) in [6, 6.07) is 7.62. The van der Waals surface area contributed by atoms with Crippen molar-refractivity contribution in [2.75, 3.05) is 14.2 Å². The number of carbonyl (C=O) groups is 1. The van der Waals surface area contributed by atoms with Gasteiger partial charge in [0.2, 0.25) is 0 Å². The van der Waals surface area contributed by atoms with Crippen LogP contribution in [0.15, 0.2) is 49.0 Å². The van der Waals surface area contributed by atoms with Crippen molar-refractivity contribution in [2.24, 2.45) is 0 Å². The molecule has 0 aliphatic heterocycles.